The van der Waals surface area contributed by atoms with Crippen molar-refractivity contribution in [2.24, 2.45) is 0 Å². The first-order chi connectivity index (χ1) is 15.5. The highest BCUT2D eigenvalue weighted by Gasteiger charge is 2.26. The Hall–Kier alpha value is -2.58. The van der Waals surface area contributed by atoms with E-state index in [1.54, 1.807) is 43.3 Å². The predicted octanol–water partition coefficient (Wildman–Crippen LogP) is 3.75. The number of aryl methyl sites for hydroxylation is 1. The zero-order chi connectivity index (χ0) is 24.6. The van der Waals surface area contributed by atoms with Crippen LogP contribution in [-0.2, 0) is 26.2 Å². The van der Waals surface area contributed by atoms with E-state index in [0.717, 1.165) is 17.4 Å². The Morgan fingerprint density at radius 2 is 1.82 bits per heavy atom. The van der Waals surface area contributed by atoms with Crippen molar-refractivity contribution in [2.45, 2.75) is 46.2 Å². The molecule has 2 rings (SSSR count). The van der Waals surface area contributed by atoms with Crippen LogP contribution in [-0.4, -0.2) is 50.5 Å². The zero-order valence-electron chi connectivity index (χ0n) is 19.5. The highest BCUT2D eigenvalue weighted by Crippen LogP contribution is 2.20. The molecule has 0 saturated carbocycles. The molecular formula is C24H32ClN3O4S. The molecule has 180 valence electrons. The number of nitrogens with one attached hydrogen (secondary N) is 1. The van der Waals surface area contributed by atoms with Crippen molar-refractivity contribution in [2.75, 3.05) is 23.7 Å². The van der Waals surface area contributed by atoms with Crippen LogP contribution in [0.25, 0.3) is 0 Å². The molecule has 2 aromatic carbocycles. The van der Waals surface area contributed by atoms with E-state index < -0.39 is 16.1 Å². The summed E-state index contributed by atoms with van der Waals surface area (Å²) in [6, 6.07) is 13.7. The molecule has 0 bridgehead atoms. The fourth-order valence-electron chi connectivity index (χ4n) is 3.52. The van der Waals surface area contributed by atoms with Gasteiger partial charge in [0.1, 0.15) is 6.04 Å². The van der Waals surface area contributed by atoms with E-state index in [0.29, 0.717) is 23.7 Å². The minimum absolute atomic E-state index is 0.0994. The summed E-state index contributed by atoms with van der Waals surface area (Å²) in [6.45, 7) is 6.24. The molecule has 0 aromatic heterocycles. The minimum atomic E-state index is -3.51. The molecule has 0 unspecified atom stereocenters. The third-order valence-corrected chi connectivity index (χ3v) is 6.63. The minimum Gasteiger partial charge on any atom is -0.355 e. The van der Waals surface area contributed by atoms with E-state index in [1.165, 1.54) is 9.21 Å². The largest absolute Gasteiger partial charge is 0.355 e. The lowest BCUT2D eigenvalue weighted by Crippen LogP contribution is -2.47. The van der Waals surface area contributed by atoms with Gasteiger partial charge in [-0.25, -0.2) is 8.42 Å². The van der Waals surface area contributed by atoms with Crippen LogP contribution in [0, 0.1) is 6.92 Å². The standard InChI is InChI=1S/C24H32ClN3O4S/c1-5-26-24(30)19(3)27(17-20-10-7-11-21(25)16-20)23(29)13-8-14-28(33(4,31)32)22-12-6-9-18(2)15-22/h6-7,9-12,15-16,19H,5,8,13-14,17H2,1-4H3,(H,26,30)/t19-/m0/s1. The number of hydrogen-bond acceptors (Lipinski definition) is 4. The van der Waals surface area contributed by atoms with Crippen LogP contribution in [0.1, 0.15) is 37.8 Å². The molecule has 0 aliphatic rings. The number of halogens is 1. The average molecular weight is 494 g/mol. The lowest BCUT2D eigenvalue weighted by atomic mass is 10.1. The number of nitrogens with zero attached hydrogens (tertiary/aromatic N) is 2. The van der Waals surface area contributed by atoms with Crippen molar-refractivity contribution in [3.05, 3.63) is 64.7 Å². The molecule has 0 saturated heterocycles. The van der Waals surface area contributed by atoms with Gasteiger partial charge in [-0.05, 0) is 62.6 Å². The monoisotopic (exact) mass is 493 g/mol. The molecule has 7 nitrogen and oxygen atoms in total. The molecule has 0 aliphatic carbocycles. The van der Waals surface area contributed by atoms with Crippen LogP contribution >= 0.6 is 11.6 Å². The number of anilines is 1. The number of rotatable bonds is 11. The van der Waals surface area contributed by atoms with E-state index in [4.69, 9.17) is 11.6 Å². The van der Waals surface area contributed by atoms with Crippen LogP contribution in [0.2, 0.25) is 5.02 Å². The topological polar surface area (TPSA) is 86.8 Å². The Balaban J connectivity index is 2.15. The molecule has 0 spiro atoms. The Kier molecular flexibility index (Phi) is 9.73. The molecule has 0 heterocycles. The van der Waals surface area contributed by atoms with Gasteiger partial charge < -0.3 is 10.2 Å². The first-order valence-corrected chi connectivity index (χ1v) is 13.1. The van der Waals surface area contributed by atoms with Crippen LogP contribution < -0.4 is 9.62 Å². The van der Waals surface area contributed by atoms with Crippen LogP contribution in [0.15, 0.2) is 48.5 Å². The lowest BCUT2D eigenvalue weighted by molar-refractivity contribution is -0.140. The number of amides is 2. The molecule has 0 aliphatic heterocycles. The summed E-state index contributed by atoms with van der Waals surface area (Å²) in [4.78, 5) is 27.1. The van der Waals surface area contributed by atoms with E-state index in [2.05, 4.69) is 5.32 Å². The molecule has 0 radical (unpaired) electrons. The van der Waals surface area contributed by atoms with Gasteiger partial charge in [-0.1, -0.05) is 35.9 Å². The number of sulfonamides is 1. The number of likely N-dealkylation sites (N-methyl/N-ethyl adjacent to an activating group) is 1. The van der Waals surface area contributed by atoms with Gasteiger partial charge in [0, 0.05) is 31.1 Å². The first-order valence-electron chi connectivity index (χ1n) is 10.9. The average Bonchev–Trinajstić information content (AvgIpc) is 2.73. The third kappa shape index (κ3) is 8.05. The fourth-order valence-corrected chi connectivity index (χ4v) is 4.69. The van der Waals surface area contributed by atoms with Crippen LogP contribution in [0.4, 0.5) is 5.69 Å². The maximum Gasteiger partial charge on any atom is 0.242 e. The van der Waals surface area contributed by atoms with E-state index in [-0.39, 0.29) is 31.3 Å². The molecular weight excluding hydrogens is 462 g/mol. The van der Waals surface area contributed by atoms with Gasteiger partial charge in [0.05, 0.1) is 11.9 Å². The van der Waals surface area contributed by atoms with E-state index in [1.807, 2.05) is 26.0 Å². The third-order valence-electron chi connectivity index (χ3n) is 5.20. The van der Waals surface area contributed by atoms with Crippen molar-refractivity contribution in [3.63, 3.8) is 0 Å². The smallest absolute Gasteiger partial charge is 0.242 e. The summed E-state index contributed by atoms with van der Waals surface area (Å²) >= 11 is 6.09. The quantitative estimate of drug-likeness (QED) is 0.516. The molecule has 9 heteroatoms. The van der Waals surface area contributed by atoms with Crippen LogP contribution in [0.5, 0.6) is 0 Å². The van der Waals surface area contributed by atoms with Gasteiger partial charge in [0.2, 0.25) is 21.8 Å². The molecule has 0 fully saturated rings. The summed E-state index contributed by atoms with van der Waals surface area (Å²) < 4.78 is 26.0. The predicted molar refractivity (Wildman–Crippen MR) is 133 cm³/mol. The number of carbonyl (C=O) groups is 2. The molecule has 1 atom stereocenters. The van der Waals surface area contributed by atoms with Gasteiger partial charge in [-0.2, -0.15) is 0 Å². The Labute approximate surface area is 201 Å². The highest BCUT2D eigenvalue weighted by atomic mass is 35.5. The van der Waals surface area contributed by atoms with Gasteiger partial charge in [-0.3, -0.25) is 13.9 Å². The molecule has 2 amide bonds. The molecule has 33 heavy (non-hydrogen) atoms. The Morgan fingerprint density at radius 3 is 2.42 bits per heavy atom. The fraction of sp³-hybridized carbons (Fsp3) is 0.417. The van der Waals surface area contributed by atoms with Crippen molar-refractivity contribution >= 4 is 39.1 Å². The van der Waals surface area contributed by atoms with E-state index >= 15 is 0 Å². The summed E-state index contributed by atoms with van der Waals surface area (Å²) in [5, 5.41) is 3.30. The van der Waals surface area contributed by atoms with Crippen molar-refractivity contribution in [1.29, 1.82) is 0 Å². The van der Waals surface area contributed by atoms with Crippen LogP contribution in [0.3, 0.4) is 0 Å². The first kappa shape index (κ1) is 26.7. The lowest BCUT2D eigenvalue weighted by Gasteiger charge is -2.29. The number of carbonyl (C=O) groups excluding carboxylic acids is 2. The maximum atomic E-state index is 13.1. The normalized spacial score (nSPS) is 12.2. The number of hydrogen-bond donors (Lipinski definition) is 1. The Bertz CT molecular complexity index is 1070. The second-order valence-corrected chi connectivity index (χ2v) is 10.3. The molecule has 2 aromatic rings. The van der Waals surface area contributed by atoms with Gasteiger partial charge >= 0.3 is 0 Å². The second kappa shape index (κ2) is 12.0. The Morgan fingerprint density at radius 1 is 1.12 bits per heavy atom. The van der Waals surface area contributed by atoms with Gasteiger partial charge in [0.25, 0.3) is 0 Å². The summed E-state index contributed by atoms with van der Waals surface area (Å²) in [7, 11) is -3.51. The van der Waals surface area contributed by atoms with Crippen molar-refractivity contribution in [1.82, 2.24) is 10.2 Å². The van der Waals surface area contributed by atoms with Gasteiger partial charge in [0.15, 0.2) is 0 Å². The second-order valence-electron chi connectivity index (χ2n) is 8.00. The summed E-state index contributed by atoms with van der Waals surface area (Å²) in [5.41, 5.74) is 2.32. The number of benzene rings is 2. The van der Waals surface area contributed by atoms with Gasteiger partial charge in [-0.15, -0.1) is 0 Å². The summed E-state index contributed by atoms with van der Waals surface area (Å²) in [5.74, 6) is -0.475. The molecule has 1 N–H and O–H groups in total. The van der Waals surface area contributed by atoms with Crippen molar-refractivity contribution in [3.8, 4) is 0 Å². The SMILES string of the molecule is CCNC(=O)[C@H](C)N(Cc1cccc(Cl)c1)C(=O)CCCN(c1cccc(C)c1)S(C)(=O)=O. The van der Waals surface area contributed by atoms with E-state index in [9.17, 15) is 18.0 Å². The van der Waals surface area contributed by atoms with Crippen molar-refractivity contribution < 1.29 is 18.0 Å². The maximum absolute atomic E-state index is 13.1. The zero-order valence-corrected chi connectivity index (χ0v) is 21.1. The highest BCUT2D eigenvalue weighted by molar-refractivity contribution is 7.92. The summed E-state index contributed by atoms with van der Waals surface area (Å²) in [6.07, 6.45) is 1.57.